The number of amides is 2. The molecule has 26 heavy (non-hydrogen) atoms. The predicted molar refractivity (Wildman–Crippen MR) is 102 cm³/mol. The van der Waals surface area contributed by atoms with Crippen molar-refractivity contribution < 1.29 is 14.7 Å². The van der Waals surface area contributed by atoms with Gasteiger partial charge in [0.2, 0.25) is 0 Å². The summed E-state index contributed by atoms with van der Waals surface area (Å²) in [5, 5.41) is 11.2. The van der Waals surface area contributed by atoms with Crippen LogP contribution in [0, 0.1) is 0 Å². The van der Waals surface area contributed by atoms with Gasteiger partial charge in [-0.3, -0.25) is 9.59 Å². The Morgan fingerprint density at radius 2 is 1.65 bits per heavy atom. The molecule has 0 atom stereocenters. The molecule has 130 valence electrons. The Kier molecular flexibility index (Phi) is 4.23. The van der Waals surface area contributed by atoms with Crippen molar-refractivity contribution in [3.63, 3.8) is 0 Å². The molecule has 0 saturated heterocycles. The summed E-state index contributed by atoms with van der Waals surface area (Å²) in [6.45, 7) is 0.101. The average Bonchev–Trinajstić information content (AvgIpc) is 2.65. The average molecular weight is 366 g/mol. The maximum absolute atomic E-state index is 13.1. The zero-order chi connectivity index (χ0) is 18.3. The van der Waals surface area contributed by atoms with Gasteiger partial charge in [-0.05, 0) is 54.1 Å². The van der Waals surface area contributed by atoms with Crippen molar-refractivity contribution in [3.8, 4) is 0 Å². The van der Waals surface area contributed by atoms with E-state index in [4.69, 9.17) is 16.7 Å². The van der Waals surface area contributed by atoms with E-state index in [-0.39, 0.29) is 18.4 Å². The van der Waals surface area contributed by atoms with Gasteiger partial charge >= 0.3 is 0 Å². The molecule has 4 nitrogen and oxygen atoms in total. The molecule has 5 heteroatoms. The van der Waals surface area contributed by atoms with Gasteiger partial charge in [-0.15, -0.1) is 0 Å². The fourth-order valence-electron chi connectivity index (χ4n) is 3.49. The van der Waals surface area contributed by atoms with E-state index in [0.717, 1.165) is 10.9 Å². The SMILES string of the molecule is O=C1c2cccc3c(CCCO)ccc(c23)C(=O)N1c1cccc(Cl)c1. The minimum atomic E-state index is -0.352. The normalized spacial score (nSPS) is 13.5. The minimum absolute atomic E-state index is 0.101. The Balaban J connectivity index is 1.91. The number of halogens is 1. The second-order valence-corrected chi connectivity index (χ2v) is 6.69. The van der Waals surface area contributed by atoms with E-state index in [1.165, 1.54) is 4.90 Å². The van der Waals surface area contributed by atoms with Crippen LogP contribution in [0.5, 0.6) is 0 Å². The molecule has 1 heterocycles. The molecule has 4 rings (SSSR count). The highest BCUT2D eigenvalue weighted by Crippen LogP contribution is 2.35. The van der Waals surface area contributed by atoms with E-state index in [1.807, 2.05) is 18.2 Å². The number of carbonyl (C=O) groups is 2. The van der Waals surface area contributed by atoms with Crippen molar-refractivity contribution in [1.29, 1.82) is 0 Å². The van der Waals surface area contributed by atoms with Crippen LogP contribution in [-0.4, -0.2) is 23.5 Å². The van der Waals surface area contributed by atoms with Crippen LogP contribution < -0.4 is 4.90 Å². The molecule has 1 aliphatic heterocycles. The maximum Gasteiger partial charge on any atom is 0.265 e. The number of anilines is 1. The van der Waals surface area contributed by atoms with E-state index < -0.39 is 0 Å². The smallest absolute Gasteiger partial charge is 0.265 e. The van der Waals surface area contributed by atoms with Crippen molar-refractivity contribution in [2.24, 2.45) is 0 Å². The number of imide groups is 1. The molecule has 3 aromatic carbocycles. The summed E-state index contributed by atoms with van der Waals surface area (Å²) in [5.41, 5.74) is 2.49. The van der Waals surface area contributed by atoms with E-state index in [2.05, 4.69) is 0 Å². The zero-order valence-electron chi connectivity index (χ0n) is 13.9. The number of aliphatic hydroxyl groups excluding tert-OH is 1. The fourth-order valence-corrected chi connectivity index (χ4v) is 3.68. The molecule has 0 aliphatic carbocycles. The number of hydrogen-bond donors (Lipinski definition) is 1. The molecular formula is C21H16ClNO3. The van der Waals surface area contributed by atoms with E-state index >= 15 is 0 Å². The molecule has 3 aromatic rings. The first-order chi connectivity index (χ1) is 12.6. The van der Waals surface area contributed by atoms with E-state index in [0.29, 0.717) is 40.1 Å². The molecule has 0 saturated carbocycles. The van der Waals surface area contributed by atoms with Crippen molar-refractivity contribution in [2.75, 3.05) is 11.5 Å². The van der Waals surface area contributed by atoms with Gasteiger partial charge in [0.1, 0.15) is 0 Å². The lowest BCUT2D eigenvalue weighted by atomic mass is 9.90. The molecule has 0 spiro atoms. The van der Waals surface area contributed by atoms with E-state index in [9.17, 15) is 9.59 Å². The van der Waals surface area contributed by atoms with Crippen molar-refractivity contribution in [3.05, 3.63) is 76.3 Å². The first-order valence-electron chi connectivity index (χ1n) is 8.41. The third kappa shape index (κ3) is 2.59. The molecule has 0 unspecified atom stereocenters. The van der Waals surface area contributed by atoms with Gasteiger partial charge < -0.3 is 5.11 Å². The van der Waals surface area contributed by atoms with Gasteiger partial charge in [0.25, 0.3) is 11.8 Å². The number of nitrogens with zero attached hydrogens (tertiary/aromatic N) is 1. The number of aliphatic hydroxyl groups is 1. The first-order valence-corrected chi connectivity index (χ1v) is 8.79. The summed E-state index contributed by atoms with van der Waals surface area (Å²) in [7, 11) is 0. The van der Waals surface area contributed by atoms with Crippen LogP contribution in [0.2, 0.25) is 5.02 Å². The van der Waals surface area contributed by atoms with Crippen LogP contribution in [0.25, 0.3) is 10.8 Å². The molecule has 1 N–H and O–H groups in total. The fraction of sp³-hybridized carbons (Fsp3) is 0.143. The van der Waals surface area contributed by atoms with Gasteiger partial charge in [0.05, 0.1) is 5.69 Å². The van der Waals surface area contributed by atoms with Gasteiger partial charge in [-0.1, -0.05) is 35.9 Å². The molecular weight excluding hydrogens is 350 g/mol. The lowest BCUT2D eigenvalue weighted by Crippen LogP contribution is -2.40. The lowest BCUT2D eigenvalue weighted by molar-refractivity contribution is 0.0893. The number of hydrogen-bond acceptors (Lipinski definition) is 3. The molecule has 0 aromatic heterocycles. The molecule has 0 radical (unpaired) electrons. The van der Waals surface area contributed by atoms with Crippen LogP contribution in [0.15, 0.2) is 54.6 Å². The van der Waals surface area contributed by atoms with Crippen LogP contribution in [0.1, 0.15) is 32.7 Å². The van der Waals surface area contributed by atoms with Crippen molar-refractivity contribution >= 4 is 39.9 Å². The number of aryl methyl sites for hydroxylation is 1. The van der Waals surface area contributed by atoms with Crippen LogP contribution in [0.3, 0.4) is 0 Å². The number of carbonyl (C=O) groups excluding carboxylic acids is 2. The molecule has 1 aliphatic rings. The van der Waals surface area contributed by atoms with Gasteiger partial charge in [-0.25, -0.2) is 4.90 Å². The third-order valence-corrected chi connectivity index (χ3v) is 4.90. The highest BCUT2D eigenvalue weighted by Gasteiger charge is 2.34. The summed E-state index contributed by atoms with van der Waals surface area (Å²) < 4.78 is 0. The topological polar surface area (TPSA) is 57.6 Å². The summed E-state index contributed by atoms with van der Waals surface area (Å²) in [6, 6.07) is 15.9. The summed E-state index contributed by atoms with van der Waals surface area (Å²) in [4.78, 5) is 27.3. The Morgan fingerprint density at radius 1 is 0.923 bits per heavy atom. The minimum Gasteiger partial charge on any atom is -0.396 e. The van der Waals surface area contributed by atoms with Crippen LogP contribution in [0.4, 0.5) is 5.69 Å². The van der Waals surface area contributed by atoms with Gasteiger partial charge in [0.15, 0.2) is 0 Å². The summed E-state index contributed by atoms with van der Waals surface area (Å²) in [5.74, 6) is -0.704. The highest BCUT2D eigenvalue weighted by atomic mass is 35.5. The highest BCUT2D eigenvalue weighted by molar-refractivity contribution is 6.36. The summed E-state index contributed by atoms with van der Waals surface area (Å²) >= 11 is 6.04. The standard InChI is InChI=1S/C21H16ClNO3/c22-14-5-1-6-15(12-14)23-20(25)17-8-2-7-16-13(4-3-11-24)9-10-18(19(16)17)21(23)26/h1-2,5-10,12,24H,3-4,11H2. The second-order valence-electron chi connectivity index (χ2n) is 6.25. The molecule has 0 fully saturated rings. The third-order valence-electron chi connectivity index (χ3n) is 4.67. The first kappa shape index (κ1) is 16.8. The maximum atomic E-state index is 13.1. The quantitative estimate of drug-likeness (QED) is 0.704. The Hall–Kier alpha value is -2.69. The number of rotatable bonds is 4. The van der Waals surface area contributed by atoms with Crippen LogP contribution in [-0.2, 0) is 6.42 Å². The lowest BCUT2D eigenvalue weighted by Gasteiger charge is -2.28. The Bertz CT molecular complexity index is 1020. The summed E-state index contributed by atoms with van der Waals surface area (Å²) in [6.07, 6.45) is 1.33. The van der Waals surface area contributed by atoms with E-state index in [1.54, 1.807) is 36.4 Å². The largest absolute Gasteiger partial charge is 0.396 e. The molecule has 0 bridgehead atoms. The Labute approximate surface area is 155 Å². The zero-order valence-corrected chi connectivity index (χ0v) is 14.7. The van der Waals surface area contributed by atoms with Crippen molar-refractivity contribution in [1.82, 2.24) is 0 Å². The Morgan fingerprint density at radius 3 is 2.38 bits per heavy atom. The second kappa shape index (κ2) is 6.56. The monoisotopic (exact) mass is 365 g/mol. The number of benzene rings is 3. The molecule has 2 amide bonds. The van der Waals surface area contributed by atoms with Gasteiger partial charge in [-0.2, -0.15) is 0 Å². The predicted octanol–water partition coefficient (Wildman–Crippen LogP) is 4.22. The van der Waals surface area contributed by atoms with Gasteiger partial charge in [0, 0.05) is 28.1 Å². The van der Waals surface area contributed by atoms with Crippen molar-refractivity contribution in [2.45, 2.75) is 12.8 Å². The van der Waals surface area contributed by atoms with Crippen LogP contribution >= 0.6 is 11.6 Å².